The van der Waals surface area contributed by atoms with E-state index in [1.165, 1.54) is 12.1 Å². The fraction of sp³-hybridized carbons (Fsp3) is 0.333. The van der Waals surface area contributed by atoms with Gasteiger partial charge in [0.15, 0.2) is 6.61 Å². The van der Waals surface area contributed by atoms with Crippen LogP contribution in [0.5, 0.6) is 5.75 Å². The van der Waals surface area contributed by atoms with Gasteiger partial charge in [-0.25, -0.2) is 4.39 Å². The highest BCUT2D eigenvalue weighted by molar-refractivity contribution is 5.95. The summed E-state index contributed by atoms with van der Waals surface area (Å²) in [5, 5.41) is 2.91. The largest absolute Gasteiger partial charge is 0.484 e. The molecule has 1 aliphatic carbocycles. The lowest BCUT2D eigenvalue weighted by Gasteiger charge is -2.16. The van der Waals surface area contributed by atoms with Crippen LogP contribution in [0.1, 0.15) is 30.7 Å². The van der Waals surface area contributed by atoms with Gasteiger partial charge >= 0.3 is 0 Å². The van der Waals surface area contributed by atoms with Crippen LogP contribution < -0.4 is 15.0 Å². The Bertz CT molecular complexity index is 853. The number of ether oxygens (including phenoxy) is 1. The molecule has 0 bridgehead atoms. The van der Waals surface area contributed by atoms with Crippen molar-refractivity contribution < 1.29 is 18.7 Å². The molecule has 140 valence electrons. The van der Waals surface area contributed by atoms with E-state index in [4.69, 9.17) is 4.74 Å². The molecule has 2 aliphatic rings. The number of nitrogens with one attached hydrogen (secondary N) is 1. The predicted octanol–water partition coefficient (Wildman–Crippen LogP) is 3.00. The van der Waals surface area contributed by atoms with Crippen molar-refractivity contribution in [2.24, 2.45) is 0 Å². The van der Waals surface area contributed by atoms with Crippen LogP contribution >= 0.6 is 0 Å². The van der Waals surface area contributed by atoms with Gasteiger partial charge in [-0.15, -0.1) is 0 Å². The molecule has 2 amide bonds. The zero-order valence-corrected chi connectivity index (χ0v) is 14.9. The smallest absolute Gasteiger partial charge is 0.258 e. The summed E-state index contributed by atoms with van der Waals surface area (Å²) in [4.78, 5) is 25.6. The minimum Gasteiger partial charge on any atom is -0.484 e. The van der Waals surface area contributed by atoms with Crippen molar-refractivity contribution >= 4 is 17.5 Å². The molecule has 0 radical (unpaired) electrons. The molecule has 5 nitrogen and oxygen atoms in total. The van der Waals surface area contributed by atoms with Gasteiger partial charge in [0.1, 0.15) is 11.6 Å². The number of carbonyl (C=O) groups is 2. The molecular weight excluding hydrogens is 347 g/mol. The lowest BCUT2D eigenvalue weighted by Crippen LogP contribution is -2.31. The lowest BCUT2D eigenvalue weighted by atomic mass is 10.1. The molecule has 2 aromatic rings. The van der Waals surface area contributed by atoms with E-state index >= 15 is 0 Å². The molecule has 2 fully saturated rings. The Kier molecular flexibility index (Phi) is 4.79. The highest BCUT2D eigenvalue weighted by Crippen LogP contribution is 2.40. The Morgan fingerprint density at radius 3 is 2.74 bits per heavy atom. The Balaban J connectivity index is 1.24. The van der Waals surface area contributed by atoms with Gasteiger partial charge in [-0.2, -0.15) is 0 Å². The third-order valence-corrected chi connectivity index (χ3v) is 5.01. The van der Waals surface area contributed by atoms with Gasteiger partial charge in [-0.1, -0.05) is 12.1 Å². The van der Waals surface area contributed by atoms with Crippen LogP contribution in [-0.4, -0.2) is 31.0 Å². The average Bonchev–Trinajstić information content (AvgIpc) is 3.30. The maximum Gasteiger partial charge on any atom is 0.258 e. The van der Waals surface area contributed by atoms with Gasteiger partial charge in [0.05, 0.1) is 0 Å². The summed E-state index contributed by atoms with van der Waals surface area (Å²) in [5.74, 6) is 0.435. The van der Waals surface area contributed by atoms with Crippen LogP contribution in [0, 0.1) is 5.82 Å². The van der Waals surface area contributed by atoms with E-state index in [0.29, 0.717) is 12.2 Å². The summed E-state index contributed by atoms with van der Waals surface area (Å²) in [6.45, 7) is 0.670. The van der Waals surface area contributed by atoms with Crippen molar-refractivity contribution in [3.05, 3.63) is 59.9 Å². The molecule has 6 heteroatoms. The summed E-state index contributed by atoms with van der Waals surface area (Å²) >= 11 is 0. The van der Waals surface area contributed by atoms with Crippen LogP contribution in [0.25, 0.3) is 0 Å². The maximum absolute atomic E-state index is 13.3. The van der Waals surface area contributed by atoms with Crippen molar-refractivity contribution in [1.82, 2.24) is 5.32 Å². The van der Waals surface area contributed by atoms with Gasteiger partial charge in [0.25, 0.3) is 5.91 Å². The predicted molar refractivity (Wildman–Crippen MR) is 99.2 cm³/mol. The molecule has 1 N–H and O–H groups in total. The number of hydrogen-bond acceptors (Lipinski definition) is 3. The molecule has 0 unspecified atom stereocenters. The molecule has 27 heavy (non-hydrogen) atoms. The number of hydrogen-bond donors (Lipinski definition) is 1. The monoisotopic (exact) mass is 368 g/mol. The van der Waals surface area contributed by atoms with Gasteiger partial charge in [-0.05, 0) is 54.8 Å². The lowest BCUT2D eigenvalue weighted by molar-refractivity contribution is -0.123. The number of rotatable bonds is 6. The molecule has 1 heterocycles. The van der Waals surface area contributed by atoms with E-state index in [0.717, 1.165) is 30.6 Å². The number of amides is 2. The Morgan fingerprint density at radius 1 is 1.22 bits per heavy atom. The minimum atomic E-state index is -0.258. The van der Waals surface area contributed by atoms with E-state index in [2.05, 4.69) is 5.32 Å². The van der Waals surface area contributed by atoms with E-state index in [9.17, 15) is 14.0 Å². The molecule has 0 aromatic heterocycles. The highest BCUT2D eigenvalue weighted by atomic mass is 19.1. The fourth-order valence-corrected chi connectivity index (χ4v) is 3.50. The van der Waals surface area contributed by atoms with Gasteiger partial charge in [0.2, 0.25) is 5.91 Å². The number of anilines is 1. The van der Waals surface area contributed by atoms with Crippen molar-refractivity contribution in [3.8, 4) is 5.75 Å². The second-order valence-corrected chi connectivity index (χ2v) is 7.00. The number of halogens is 1. The highest BCUT2D eigenvalue weighted by Gasteiger charge is 2.39. The van der Waals surface area contributed by atoms with Crippen molar-refractivity contribution in [3.63, 3.8) is 0 Å². The summed E-state index contributed by atoms with van der Waals surface area (Å²) in [6.07, 6.45) is 2.29. The minimum absolute atomic E-state index is 0.0338. The summed E-state index contributed by atoms with van der Waals surface area (Å²) in [6, 6.07) is 13.7. The first-order chi connectivity index (χ1) is 13.1. The molecule has 2 atom stereocenters. The SMILES string of the molecule is O=C(COc1ccc(N2CCCC2=O)cc1)N[C@@H]1C[C@@H]1c1cccc(F)c1. The van der Waals surface area contributed by atoms with Crippen LogP contribution in [0.2, 0.25) is 0 Å². The number of benzene rings is 2. The quantitative estimate of drug-likeness (QED) is 0.853. The zero-order valence-electron chi connectivity index (χ0n) is 14.9. The standard InChI is InChI=1S/C21H21FN2O3/c22-15-4-1-3-14(11-15)18-12-19(18)23-20(25)13-27-17-8-6-16(7-9-17)24-10-2-5-21(24)26/h1,3-4,6-9,11,18-19H,2,5,10,12-13H2,(H,23,25)/t18-,19-/m1/s1. The van der Waals surface area contributed by atoms with E-state index in [1.807, 2.05) is 18.2 Å². The van der Waals surface area contributed by atoms with Crippen LogP contribution in [0.3, 0.4) is 0 Å². The van der Waals surface area contributed by atoms with Crippen LogP contribution in [-0.2, 0) is 9.59 Å². The second kappa shape index (κ2) is 7.39. The molecule has 1 saturated heterocycles. The normalized spacial score (nSPS) is 21.2. The molecular formula is C21H21FN2O3. The van der Waals surface area contributed by atoms with Crippen LogP contribution in [0.15, 0.2) is 48.5 Å². The molecule has 4 rings (SSSR count). The number of nitrogens with zero attached hydrogens (tertiary/aromatic N) is 1. The summed E-state index contributed by atoms with van der Waals surface area (Å²) in [5.41, 5.74) is 1.76. The van der Waals surface area contributed by atoms with E-state index in [-0.39, 0.29) is 36.2 Å². The van der Waals surface area contributed by atoms with Crippen molar-refractivity contribution in [2.75, 3.05) is 18.1 Å². The Hall–Kier alpha value is -2.89. The first kappa shape index (κ1) is 17.5. The third-order valence-electron chi connectivity index (χ3n) is 5.01. The average molecular weight is 368 g/mol. The van der Waals surface area contributed by atoms with Crippen molar-refractivity contribution in [2.45, 2.75) is 31.2 Å². The van der Waals surface area contributed by atoms with Crippen LogP contribution in [0.4, 0.5) is 10.1 Å². The van der Waals surface area contributed by atoms with E-state index in [1.54, 1.807) is 23.1 Å². The van der Waals surface area contributed by atoms with Gasteiger partial charge in [-0.3, -0.25) is 9.59 Å². The van der Waals surface area contributed by atoms with Gasteiger partial charge < -0.3 is 15.0 Å². The summed E-state index contributed by atoms with van der Waals surface area (Å²) < 4.78 is 18.8. The van der Waals surface area contributed by atoms with Gasteiger partial charge in [0, 0.05) is 30.6 Å². The third kappa shape index (κ3) is 4.10. The molecule has 1 aliphatic heterocycles. The Morgan fingerprint density at radius 2 is 2.04 bits per heavy atom. The van der Waals surface area contributed by atoms with Crippen molar-refractivity contribution in [1.29, 1.82) is 0 Å². The fourth-order valence-electron chi connectivity index (χ4n) is 3.50. The second-order valence-electron chi connectivity index (χ2n) is 7.00. The first-order valence-electron chi connectivity index (χ1n) is 9.18. The first-order valence-corrected chi connectivity index (χ1v) is 9.18. The molecule has 2 aromatic carbocycles. The topological polar surface area (TPSA) is 58.6 Å². The van der Waals surface area contributed by atoms with E-state index < -0.39 is 0 Å². The summed E-state index contributed by atoms with van der Waals surface area (Å²) in [7, 11) is 0. The molecule has 1 saturated carbocycles. The zero-order chi connectivity index (χ0) is 18.8. The Labute approximate surface area is 157 Å². The molecule has 0 spiro atoms. The number of carbonyl (C=O) groups excluding carboxylic acids is 2. The maximum atomic E-state index is 13.3.